The molecule has 2 heterocycles. The molecular formula is C45H58B29N3S. The first-order valence-electron chi connectivity index (χ1n) is 28.5. The van der Waals surface area contributed by atoms with Crippen molar-refractivity contribution in [1.82, 2.24) is 15.0 Å². The number of rotatable bonds is 6. The lowest BCUT2D eigenvalue weighted by Gasteiger charge is -2.28. The molecule has 3 nitrogen and oxygen atoms in total. The van der Waals surface area contributed by atoms with E-state index in [9.17, 15) is 0 Å². The molecule has 0 aliphatic rings. The van der Waals surface area contributed by atoms with Crippen molar-refractivity contribution >= 4 is 417 Å². The monoisotopic (exact) mass is 992 g/mol. The van der Waals surface area contributed by atoms with Gasteiger partial charge in [-0.3, -0.25) is 0 Å². The maximum atomic E-state index is 5.75. The molecular weight excluding hydrogens is 928 g/mol. The van der Waals surface area contributed by atoms with E-state index in [1.807, 2.05) is 11.3 Å². The molecule has 0 radical (unpaired) electrons. The number of nitrogens with zero attached hydrogens (tertiary/aromatic N) is 3. The van der Waals surface area contributed by atoms with Gasteiger partial charge in [0.15, 0.2) is 17.5 Å². The molecule has 346 valence electrons. The van der Waals surface area contributed by atoms with Crippen LogP contribution in [0.5, 0.6) is 0 Å². The highest BCUT2D eigenvalue weighted by atomic mass is 32.1. The first kappa shape index (κ1) is 58.3. The summed E-state index contributed by atoms with van der Waals surface area (Å²) in [5, 5.41) is 2.83. The summed E-state index contributed by atoms with van der Waals surface area (Å²) in [6.45, 7) is 0. The minimum absolute atomic E-state index is 0.729. The molecule has 0 bridgehead atoms. The van der Waals surface area contributed by atoms with Gasteiger partial charge < -0.3 is 0 Å². The second kappa shape index (κ2) is 20.6. The standard InChI is InChI=1S/C45H58B29N3S/c46-12-1(2-8-23(57)34(68)38(72)40(74)42(8)78-41(2)39(73)35(12)69)3-13(47)24(58)9(25(59)14(3)48)43-75-44(10-26(60)15(49)4(16(50)27(10)61)6-19(53)30(64)36(70)31(65)20(6)54)77-45(76-43)11-28(62)17(51)5(18(52)29(11)63)7-21(55)32(66)37(71)33(67)22(7)56/h46-74H2. The zero-order chi connectivity index (χ0) is 57.8. The number of fused-ring (bicyclic) bond motifs is 3. The van der Waals surface area contributed by atoms with Crippen LogP contribution in [0, 0.1) is 0 Å². The number of aromatic nitrogens is 3. The fraction of sp³-hybridized carbons (Fsp3) is 0. The van der Waals surface area contributed by atoms with Crippen molar-refractivity contribution in [1.29, 1.82) is 0 Å². The van der Waals surface area contributed by atoms with Gasteiger partial charge >= 0.3 is 0 Å². The molecule has 0 N–H and O–H groups in total. The zero-order valence-corrected chi connectivity index (χ0v) is 54.1. The van der Waals surface area contributed by atoms with Crippen LogP contribution in [0.2, 0.25) is 0 Å². The van der Waals surface area contributed by atoms with Crippen molar-refractivity contribution in [3.63, 3.8) is 0 Å². The van der Waals surface area contributed by atoms with Crippen LogP contribution in [-0.4, -0.2) is 242 Å². The lowest BCUT2D eigenvalue weighted by atomic mass is 9.56. The fourth-order valence-corrected chi connectivity index (χ4v) is 15.6. The van der Waals surface area contributed by atoms with Gasteiger partial charge in [-0.25, -0.2) is 15.0 Å². The lowest BCUT2D eigenvalue weighted by molar-refractivity contribution is 1.08. The summed E-state index contributed by atoms with van der Waals surface area (Å²) in [5.41, 5.74) is 49.7. The molecule has 0 fully saturated rings. The molecule has 78 heavy (non-hydrogen) atoms. The van der Waals surface area contributed by atoms with Crippen molar-refractivity contribution in [2.45, 2.75) is 0 Å². The molecule has 0 saturated carbocycles. The van der Waals surface area contributed by atoms with Crippen LogP contribution in [0.4, 0.5) is 0 Å². The van der Waals surface area contributed by atoms with Gasteiger partial charge in [0.1, 0.15) is 228 Å². The van der Waals surface area contributed by atoms with E-state index in [0.717, 1.165) is 34.2 Å². The lowest BCUT2D eigenvalue weighted by Crippen LogP contribution is -2.57. The molecule has 0 unspecified atom stereocenters. The largest absolute Gasteiger partial charge is 0.208 e. The Balaban J connectivity index is 1.39. The Hall–Kier alpha value is -4.35. The van der Waals surface area contributed by atoms with Crippen LogP contribution >= 0.6 is 11.3 Å². The Kier molecular flexibility index (Phi) is 15.4. The van der Waals surface area contributed by atoms with Gasteiger partial charge in [-0.15, -0.1) is 55.0 Å². The Labute approximate surface area is 496 Å². The van der Waals surface area contributed by atoms with Crippen LogP contribution in [0.3, 0.4) is 0 Å². The van der Waals surface area contributed by atoms with Crippen molar-refractivity contribution in [2.24, 2.45) is 0 Å². The maximum Gasteiger partial charge on any atom is 0.162 e. The Morgan fingerprint density at radius 3 is 0.603 bits per heavy atom. The van der Waals surface area contributed by atoms with Gasteiger partial charge in [0.25, 0.3) is 0 Å². The van der Waals surface area contributed by atoms with Crippen molar-refractivity contribution in [3.05, 3.63) is 0 Å². The second-order valence-corrected chi connectivity index (χ2v) is 25.3. The average Bonchev–Trinajstić information content (AvgIpc) is 3.89. The predicted molar refractivity (Wildman–Crippen MR) is 442 cm³/mol. The van der Waals surface area contributed by atoms with E-state index in [1.165, 1.54) is 212 Å². The number of benzene rings is 7. The van der Waals surface area contributed by atoms with Crippen LogP contribution < -0.4 is 158 Å². The summed E-state index contributed by atoms with van der Waals surface area (Å²) >= 11 is 1.99. The van der Waals surface area contributed by atoms with E-state index in [-0.39, 0.29) is 0 Å². The Bertz CT molecular complexity index is 3970. The zero-order valence-electron chi connectivity index (χ0n) is 53.2. The highest BCUT2D eigenvalue weighted by Crippen LogP contribution is 2.35. The molecule has 0 spiro atoms. The molecule has 9 rings (SSSR count). The van der Waals surface area contributed by atoms with E-state index in [0.29, 0.717) is 0 Å². The summed E-state index contributed by atoms with van der Waals surface area (Å²) in [7, 11) is 67.0. The van der Waals surface area contributed by atoms with Crippen molar-refractivity contribution in [3.8, 4) is 67.5 Å². The smallest absolute Gasteiger partial charge is 0.162 e. The van der Waals surface area contributed by atoms with Gasteiger partial charge in [0.2, 0.25) is 0 Å². The van der Waals surface area contributed by atoms with E-state index in [4.69, 9.17) is 15.0 Å². The van der Waals surface area contributed by atoms with Crippen molar-refractivity contribution in [2.75, 3.05) is 0 Å². The number of hydrogen-bond acceptors (Lipinski definition) is 4. The Morgan fingerprint density at radius 1 is 0.154 bits per heavy atom. The van der Waals surface area contributed by atoms with Crippen LogP contribution in [0.25, 0.3) is 87.7 Å². The third-order valence-corrected chi connectivity index (χ3v) is 22.8. The van der Waals surface area contributed by atoms with Crippen LogP contribution in [0.15, 0.2) is 0 Å². The quantitative estimate of drug-likeness (QED) is 0.156. The summed E-state index contributed by atoms with van der Waals surface area (Å²) in [6.07, 6.45) is 0. The third-order valence-electron chi connectivity index (χ3n) is 21.3. The maximum absolute atomic E-state index is 5.75. The predicted octanol–water partition coefficient (Wildman–Crippen LogP) is -38.3. The molecule has 0 saturated heterocycles. The summed E-state index contributed by atoms with van der Waals surface area (Å²) in [6, 6.07) is 0. The third kappa shape index (κ3) is 8.30. The molecule has 0 aliphatic heterocycles. The SMILES string of the molecule is Bc1c(B)c(B)c(-c2c(B)c(B)c(-c3nc(-c4c(B)c(B)c(-c5c(B)c(B)c(B)c(B)c5B)c(B)c4B)nc(-c4c(B)c(B)c(-c5c(B)c(B)c(B)c6sc7c(B)c(B)c(B)c(B)c7c56)c(B)c4B)n3)c(B)c2B)c(B)c1B. The first-order valence-corrected chi connectivity index (χ1v) is 29.3. The molecule has 9 aromatic rings. The van der Waals surface area contributed by atoms with E-state index < -0.39 is 0 Å². The van der Waals surface area contributed by atoms with Crippen LogP contribution in [-0.2, 0) is 0 Å². The molecule has 2 aromatic heterocycles. The van der Waals surface area contributed by atoms with Gasteiger partial charge in [0.05, 0.1) is 0 Å². The first-order chi connectivity index (χ1) is 36.3. The fourth-order valence-electron chi connectivity index (χ4n) is 14.1. The average molecular weight is 987 g/mol. The second-order valence-electron chi connectivity index (χ2n) is 24.3. The van der Waals surface area contributed by atoms with E-state index in [1.54, 1.807) is 0 Å². The van der Waals surface area contributed by atoms with Gasteiger partial charge in [-0.2, -0.15) is 0 Å². The molecule has 33 heteroatoms. The highest BCUT2D eigenvalue weighted by molar-refractivity contribution is 7.28. The van der Waals surface area contributed by atoms with Gasteiger partial charge in [0, 0.05) is 31.5 Å². The van der Waals surface area contributed by atoms with Crippen molar-refractivity contribution < 1.29 is 0 Å². The molecule has 0 aliphatic carbocycles. The topological polar surface area (TPSA) is 38.7 Å². The molecule has 0 atom stereocenters. The summed E-state index contributed by atoms with van der Waals surface area (Å²) < 4.78 is 2.83. The van der Waals surface area contributed by atoms with Gasteiger partial charge in [-0.05, 0) is 38.8 Å². The minimum atomic E-state index is 0.729. The highest BCUT2D eigenvalue weighted by Gasteiger charge is 2.30. The normalized spacial score (nSPS) is 11.5. The number of hydrogen-bond donors (Lipinski definition) is 0. The summed E-state index contributed by atoms with van der Waals surface area (Å²) in [4.78, 5) is 17.2. The molecule has 0 amide bonds. The molecule has 7 aromatic carbocycles. The van der Waals surface area contributed by atoms with Crippen LogP contribution in [0.1, 0.15) is 0 Å². The van der Waals surface area contributed by atoms with E-state index >= 15 is 0 Å². The number of thiophene rings is 1. The Morgan fingerprint density at radius 2 is 0.321 bits per heavy atom. The van der Waals surface area contributed by atoms with E-state index in [2.05, 4.69) is 228 Å². The van der Waals surface area contributed by atoms with Gasteiger partial charge in [-0.1, -0.05) is 115 Å². The summed E-state index contributed by atoms with van der Waals surface area (Å²) in [5.74, 6) is 2.19. The minimum Gasteiger partial charge on any atom is -0.208 e.